The fourth-order valence-corrected chi connectivity index (χ4v) is 2.54. The molecule has 0 aromatic carbocycles. The van der Waals surface area contributed by atoms with Gasteiger partial charge in [-0.1, -0.05) is 19.3 Å². The zero-order valence-electron chi connectivity index (χ0n) is 12.1. The molecule has 1 atom stereocenters. The predicted octanol–water partition coefficient (Wildman–Crippen LogP) is 2.27. The SMILES string of the molecule is COC(=O)C(C)(COC1CCCCC1)NC(C)C. The van der Waals surface area contributed by atoms with E-state index in [1.165, 1.54) is 26.4 Å². The van der Waals surface area contributed by atoms with E-state index >= 15 is 0 Å². The molecular weight excluding hydrogens is 230 g/mol. The quantitative estimate of drug-likeness (QED) is 0.742. The molecule has 0 radical (unpaired) electrons. The molecule has 1 rings (SSSR count). The number of nitrogens with one attached hydrogen (secondary N) is 1. The van der Waals surface area contributed by atoms with Crippen molar-refractivity contribution in [3.63, 3.8) is 0 Å². The second-order valence-corrected chi connectivity index (χ2v) is 5.69. The number of ether oxygens (including phenoxy) is 2. The van der Waals surface area contributed by atoms with E-state index in [-0.39, 0.29) is 12.0 Å². The minimum Gasteiger partial charge on any atom is -0.468 e. The van der Waals surface area contributed by atoms with Crippen LogP contribution in [0.5, 0.6) is 0 Å². The summed E-state index contributed by atoms with van der Waals surface area (Å²) in [6.45, 7) is 6.26. The molecule has 1 unspecified atom stereocenters. The summed E-state index contributed by atoms with van der Waals surface area (Å²) in [5.41, 5.74) is -0.750. The number of carbonyl (C=O) groups excluding carboxylic acids is 1. The van der Waals surface area contributed by atoms with Crippen LogP contribution >= 0.6 is 0 Å². The smallest absolute Gasteiger partial charge is 0.328 e. The van der Waals surface area contributed by atoms with Gasteiger partial charge in [-0.25, -0.2) is 4.79 Å². The van der Waals surface area contributed by atoms with Crippen molar-refractivity contribution in [3.8, 4) is 0 Å². The Balaban J connectivity index is 2.52. The Bertz CT molecular complexity index is 262. The molecule has 1 aliphatic carbocycles. The van der Waals surface area contributed by atoms with Gasteiger partial charge in [0.25, 0.3) is 0 Å². The highest BCUT2D eigenvalue weighted by atomic mass is 16.5. The summed E-state index contributed by atoms with van der Waals surface area (Å²) in [6, 6.07) is 0.212. The number of hydrogen-bond acceptors (Lipinski definition) is 4. The number of methoxy groups -OCH3 is 1. The first kappa shape index (κ1) is 15.4. The zero-order chi connectivity index (χ0) is 13.6. The van der Waals surface area contributed by atoms with Crippen molar-refractivity contribution in [1.29, 1.82) is 0 Å². The first-order valence-corrected chi connectivity index (χ1v) is 6.95. The standard InChI is InChI=1S/C14H27NO3/c1-11(2)15-14(3,13(16)17-4)10-18-12-8-6-5-7-9-12/h11-12,15H,5-10H2,1-4H3. The Kier molecular flexibility index (Phi) is 6.09. The molecule has 1 saturated carbocycles. The minimum absolute atomic E-state index is 0.212. The van der Waals surface area contributed by atoms with Crippen LogP contribution in [0.2, 0.25) is 0 Å². The van der Waals surface area contributed by atoms with Gasteiger partial charge in [0, 0.05) is 6.04 Å². The molecule has 18 heavy (non-hydrogen) atoms. The zero-order valence-corrected chi connectivity index (χ0v) is 12.1. The molecule has 0 aromatic heterocycles. The maximum Gasteiger partial charge on any atom is 0.328 e. The van der Waals surface area contributed by atoms with Crippen molar-refractivity contribution < 1.29 is 14.3 Å². The van der Waals surface area contributed by atoms with Gasteiger partial charge in [0.05, 0.1) is 19.8 Å². The molecule has 0 spiro atoms. The van der Waals surface area contributed by atoms with E-state index in [4.69, 9.17) is 9.47 Å². The van der Waals surface area contributed by atoms with Crippen molar-refractivity contribution >= 4 is 5.97 Å². The largest absolute Gasteiger partial charge is 0.468 e. The van der Waals surface area contributed by atoms with Gasteiger partial charge >= 0.3 is 5.97 Å². The average molecular weight is 257 g/mol. The Hall–Kier alpha value is -0.610. The number of hydrogen-bond donors (Lipinski definition) is 1. The van der Waals surface area contributed by atoms with Crippen LogP contribution in [0.25, 0.3) is 0 Å². The summed E-state index contributed by atoms with van der Waals surface area (Å²) in [6.07, 6.45) is 6.29. The van der Waals surface area contributed by atoms with Crippen molar-refractivity contribution in [3.05, 3.63) is 0 Å². The molecular formula is C14H27NO3. The van der Waals surface area contributed by atoms with Crippen LogP contribution in [0.15, 0.2) is 0 Å². The third kappa shape index (κ3) is 4.58. The molecule has 1 aliphatic rings. The van der Waals surface area contributed by atoms with Crippen LogP contribution in [-0.2, 0) is 14.3 Å². The first-order valence-electron chi connectivity index (χ1n) is 6.95. The molecule has 1 fully saturated rings. The fourth-order valence-electron chi connectivity index (χ4n) is 2.54. The molecule has 106 valence electrons. The van der Waals surface area contributed by atoms with Crippen LogP contribution in [0.4, 0.5) is 0 Å². The lowest BCUT2D eigenvalue weighted by Gasteiger charge is -2.32. The highest BCUT2D eigenvalue weighted by Crippen LogP contribution is 2.22. The number of rotatable bonds is 6. The molecule has 0 saturated heterocycles. The normalized spacial score (nSPS) is 20.7. The Morgan fingerprint density at radius 2 is 1.94 bits per heavy atom. The van der Waals surface area contributed by atoms with Gasteiger partial charge in [-0.05, 0) is 33.6 Å². The predicted molar refractivity (Wildman–Crippen MR) is 71.5 cm³/mol. The third-order valence-corrected chi connectivity index (χ3v) is 3.40. The van der Waals surface area contributed by atoms with E-state index in [0.29, 0.717) is 12.7 Å². The van der Waals surface area contributed by atoms with Crippen LogP contribution < -0.4 is 5.32 Å². The van der Waals surface area contributed by atoms with E-state index in [1.807, 2.05) is 20.8 Å². The first-order chi connectivity index (χ1) is 8.48. The molecule has 0 amide bonds. The lowest BCUT2D eigenvalue weighted by Crippen LogP contribution is -2.56. The second kappa shape index (κ2) is 7.10. The Labute approximate surface area is 110 Å². The topological polar surface area (TPSA) is 47.6 Å². The fraction of sp³-hybridized carbons (Fsp3) is 0.929. The second-order valence-electron chi connectivity index (χ2n) is 5.69. The summed E-state index contributed by atoms with van der Waals surface area (Å²) in [4.78, 5) is 11.9. The van der Waals surface area contributed by atoms with E-state index in [2.05, 4.69) is 5.32 Å². The van der Waals surface area contributed by atoms with Crippen molar-refractivity contribution in [2.24, 2.45) is 0 Å². The molecule has 0 aromatic rings. The lowest BCUT2D eigenvalue weighted by molar-refractivity contribution is -0.152. The van der Waals surface area contributed by atoms with Crippen LogP contribution in [0, 0.1) is 0 Å². The van der Waals surface area contributed by atoms with Gasteiger partial charge in [0.1, 0.15) is 5.54 Å². The van der Waals surface area contributed by atoms with E-state index < -0.39 is 5.54 Å². The minimum atomic E-state index is -0.750. The molecule has 0 aliphatic heterocycles. The third-order valence-electron chi connectivity index (χ3n) is 3.40. The summed E-state index contributed by atoms with van der Waals surface area (Å²) < 4.78 is 10.8. The van der Waals surface area contributed by atoms with E-state index in [0.717, 1.165) is 12.8 Å². The number of esters is 1. The Morgan fingerprint density at radius 3 is 2.44 bits per heavy atom. The lowest BCUT2D eigenvalue weighted by atomic mass is 9.97. The summed E-state index contributed by atoms with van der Waals surface area (Å²) >= 11 is 0. The summed E-state index contributed by atoms with van der Waals surface area (Å²) in [7, 11) is 1.42. The molecule has 0 bridgehead atoms. The van der Waals surface area contributed by atoms with Gasteiger partial charge < -0.3 is 9.47 Å². The van der Waals surface area contributed by atoms with Gasteiger partial charge in [-0.3, -0.25) is 5.32 Å². The van der Waals surface area contributed by atoms with E-state index in [9.17, 15) is 4.79 Å². The summed E-state index contributed by atoms with van der Waals surface area (Å²) in [5, 5.41) is 3.25. The molecule has 4 heteroatoms. The van der Waals surface area contributed by atoms with Crippen molar-refractivity contribution in [1.82, 2.24) is 5.32 Å². The Morgan fingerprint density at radius 1 is 1.33 bits per heavy atom. The van der Waals surface area contributed by atoms with Crippen LogP contribution in [0.3, 0.4) is 0 Å². The maximum atomic E-state index is 11.9. The maximum absolute atomic E-state index is 11.9. The highest BCUT2D eigenvalue weighted by Gasteiger charge is 2.36. The van der Waals surface area contributed by atoms with Gasteiger partial charge in [-0.15, -0.1) is 0 Å². The highest BCUT2D eigenvalue weighted by molar-refractivity contribution is 5.80. The van der Waals surface area contributed by atoms with Crippen molar-refractivity contribution in [2.45, 2.75) is 70.6 Å². The van der Waals surface area contributed by atoms with Crippen molar-refractivity contribution in [2.75, 3.05) is 13.7 Å². The average Bonchev–Trinajstić information content (AvgIpc) is 2.36. The molecule has 1 N–H and O–H groups in total. The van der Waals surface area contributed by atoms with E-state index in [1.54, 1.807) is 0 Å². The van der Waals surface area contributed by atoms with Crippen LogP contribution in [-0.4, -0.2) is 37.4 Å². The molecule has 4 nitrogen and oxygen atoms in total. The van der Waals surface area contributed by atoms with Crippen LogP contribution in [0.1, 0.15) is 52.9 Å². The summed E-state index contributed by atoms with van der Waals surface area (Å²) in [5.74, 6) is -0.257. The van der Waals surface area contributed by atoms with Gasteiger partial charge in [0.15, 0.2) is 0 Å². The molecule has 0 heterocycles. The monoisotopic (exact) mass is 257 g/mol. The van der Waals surface area contributed by atoms with Gasteiger partial charge in [0.2, 0.25) is 0 Å². The van der Waals surface area contributed by atoms with Gasteiger partial charge in [-0.2, -0.15) is 0 Å². The number of carbonyl (C=O) groups is 1.